The SMILES string of the molecule is CCNc1ccc(C(=O)NC2CCCN(CC)C2)nn1. The van der Waals surface area contributed by atoms with Gasteiger partial charge in [0.1, 0.15) is 5.82 Å². The van der Waals surface area contributed by atoms with Crippen molar-refractivity contribution in [2.45, 2.75) is 32.7 Å². The molecule has 2 rings (SSSR count). The van der Waals surface area contributed by atoms with Crippen molar-refractivity contribution in [1.29, 1.82) is 0 Å². The molecule has 0 aromatic carbocycles. The zero-order chi connectivity index (χ0) is 14.4. The van der Waals surface area contributed by atoms with Crippen molar-refractivity contribution in [2.75, 3.05) is 31.5 Å². The van der Waals surface area contributed by atoms with Gasteiger partial charge in [0.15, 0.2) is 5.69 Å². The minimum absolute atomic E-state index is 0.136. The number of hydrogen-bond donors (Lipinski definition) is 2. The third-order valence-corrected chi connectivity index (χ3v) is 3.54. The summed E-state index contributed by atoms with van der Waals surface area (Å²) in [6.45, 7) is 8.00. The molecule has 2 heterocycles. The molecule has 1 aliphatic heterocycles. The third kappa shape index (κ3) is 3.90. The second-order valence-electron chi connectivity index (χ2n) is 5.04. The summed E-state index contributed by atoms with van der Waals surface area (Å²) < 4.78 is 0. The highest BCUT2D eigenvalue weighted by atomic mass is 16.2. The molecule has 110 valence electrons. The number of rotatable bonds is 5. The van der Waals surface area contributed by atoms with E-state index in [0.29, 0.717) is 11.5 Å². The lowest BCUT2D eigenvalue weighted by atomic mass is 10.1. The molecule has 1 fully saturated rings. The van der Waals surface area contributed by atoms with Gasteiger partial charge in [-0.1, -0.05) is 6.92 Å². The van der Waals surface area contributed by atoms with Gasteiger partial charge >= 0.3 is 0 Å². The van der Waals surface area contributed by atoms with E-state index in [1.165, 1.54) is 0 Å². The summed E-state index contributed by atoms with van der Waals surface area (Å²) in [5.41, 5.74) is 0.375. The lowest BCUT2D eigenvalue weighted by molar-refractivity contribution is 0.0900. The Hall–Kier alpha value is -1.69. The van der Waals surface area contributed by atoms with Crippen LogP contribution in [0.5, 0.6) is 0 Å². The van der Waals surface area contributed by atoms with E-state index in [9.17, 15) is 4.79 Å². The van der Waals surface area contributed by atoms with E-state index >= 15 is 0 Å². The van der Waals surface area contributed by atoms with E-state index in [2.05, 4.69) is 32.7 Å². The van der Waals surface area contributed by atoms with E-state index in [1.54, 1.807) is 12.1 Å². The second kappa shape index (κ2) is 7.19. The van der Waals surface area contributed by atoms with Crippen molar-refractivity contribution in [3.8, 4) is 0 Å². The van der Waals surface area contributed by atoms with Crippen LogP contribution in [0.4, 0.5) is 5.82 Å². The number of hydrogen-bond acceptors (Lipinski definition) is 5. The lowest BCUT2D eigenvalue weighted by Gasteiger charge is -2.32. The molecular weight excluding hydrogens is 254 g/mol. The number of anilines is 1. The van der Waals surface area contributed by atoms with Crippen LogP contribution in [0.25, 0.3) is 0 Å². The molecule has 0 spiro atoms. The molecule has 1 aliphatic rings. The standard InChI is InChI=1S/C14H23N5O/c1-3-15-13-8-7-12(17-18-13)14(20)16-11-6-5-9-19(4-2)10-11/h7-8,11H,3-6,9-10H2,1-2H3,(H,15,18)(H,16,20). The molecule has 1 aromatic rings. The summed E-state index contributed by atoms with van der Waals surface area (Å²) >= 11 is 0. The van der Waals surface area contributed by atoms with E-state index in [4.69, 9.17) is 0 Å². The third-order valence-electron chi connectivity index (χ3n) is 3.54. The number of amides is 1. The highest BCUT2D eigenvalue weighted by molar-refractivity contribution is 5.92. The van der Waals surface area contributed by atoms with Gasteiger partial charge in [-0.2, -0.15) is 0 Å². The quantitative estimate of drug-likeness (QED) is 0.844. The fourth-order valence-corrected chi connectivity index (χ4v) is 2.45. The molecule has 1 atom stereocenters. The molecule has 2 N–H and O–H groups in total. The molecule has 6 nitrogen and oxygen atoms in total. The smallest absolute Gasteiger partial charge is 0.272 e. The van der Waals surface area contributed by atoms with Crippen molar-refractivity contribution < 1.29 is 4.79 Å². The first-order valence-electron chi connectivity index (χ1n) is 7.33. The Morgan fingerprint density at radius 3 is 2.90 bits per heavy atom. The summed E-state index contributed by atoms with van der Waals surface area (Å²) in [7, 11) is 0. The van der Waals surface area contributed by atoms with Crippen LogP contribution in [0.2, 0.25) is 0 Å². The Morgan fingerprint density at radius 2 is 2.25 bits per heavy atom. The highest BCUT2D eigenvalue weighted by Crippen LogP contribution is 2.10. The van der Waals surface area contributed by atoms with Gasteiger partial charge in [0, 0.05) is 19.1 Å². The van der Waals surface area contributed by atoms with Crippen LogP contribution >= 0.6 is 0 Å². The summed E-state index contributed by atoms with van der Waals surface area (Å²) in [6.07, 6.45) is 2.16. The first-order valence-corrected chi connectivity index (χ1v) is 7.33. The molecule has 0 saturated carbocycles. The Morgan fingerprint density at radius 1 is 1.40 bits per heavy atom. The van der Waals surface area contributed by atoms with Gasteiger partial charge < -0.3 is 15.5 Å². The zero-order valence-corrected chi connectivity index (χ0v) is 12.2. The number of likely N-dealkylation sites (tertiary alicyclic amines) is 1. The predicted octanol–water partition coefficient (Wildman–Crippen LogP) is 1.12. The molecule has 20 heavy (non-hydrogen) atoms. The Kier molecular flexibility index (Phi) is 5.29. The van der Waals surface area contributed by atoms with Gasteiger partial charge in [0.25, 0.3) is 5.91 Å². The average molecular weight is 277 g/mol. The van der Waals surface area contributed by atoms with Crippen LogP contribution in [0.1, 0.15) is 37.2 Å². The molecule has 0 aliphatic carbocycles. The maximum absolute atomic E-state index is 12.1. The molecule has 1 saturated heterocycles. The topological polar surface area (TPSA) is 70.2 Å². The minimum Gasteiger partial charge on any atom is -0.369 e. The monoisotopic (exact) mass is 277 g/mol. The fourth-order valence-electron chi connectivity index (χ4n) is 2.45. The molecular formula is C14H23N5O. The van der Waals surface area contributed by atoms with Crippen LogP contribution in [-0.4, -0.2) is 53.2 Å². The normalized spacial score (nSPS) is 19.6. The highest BCUT2D eigenvalue weighted by Gasteiger charge is 2.21. The van der Waals surface area contributed by atoms with Crippen molar-refractivity contribution in [3.05, 3.63) is 17.8 Å². The number of nitrogens with one attached hydrogen (secondary N) is 2. The first kappa shape index (κ1) is 14.7. The van der Waals surface area contributed by atoms with Crippen LogP contribution in [0, 0.1) is 0 Å². The summed E-state index contributed by atoms with van der Waals surface area (Å²) in [5.74, 6) is 0.558. The number of carbonyl (C=O) groups excluding carboxylic acids is 1. The molecule has 0 bridgehead atoms. The van der Waals surface area contributed by atoms with Gasteiger partial charge in [0.05, 0.1) is 0 Å². The number of nitrogens with zero attached hydrogens (tertiary/aromatic N) is 3. The van der Waals surface area contributed by atoms with Gasteiger partial charge in [-0.3, -0.25) is 4.79 Å². The zero-order valence-electron chi connectivity index (χ0n) is 12.2. The Bertz CT molecular complexity index is 434. The van der Waals surface area contributed by atoms with E-state index in [1.807, 2.05) is 6.92 Å². The summed E-state index contributed by atoms with van der Waals surface area (Å²) in [6, 6.07) is 3.71. The van der Waals surface area contributed by atoms with Crippen molar-refractivity contribution in [2.24, 2.45) is 0 Å². The number of piperidine rings is 1. The van der Waals surface area contributed by atoms with Crippen LogP contribution in [-0.2, 0) is 0 Å². The van der Waals surface area contributed by atoms with Crippen molar-refractivity contribution in [1.82, 2.24) is 20.4 Å². The van der Waals surface area contributed by atoms with Crippen molar-refractivity contribution in [3.63, 3.8) is 0 Å². The number of aromatic nitrogens is 2. The minimum atomic E-state index is -0.136. The lowest BCUT2D eigenvalue weighted by Crippen LogP contribution is -2.47. The largest absolute Gasteiger partial charge is 0.369 e. The van der Waals surface area contributed by atoms with Crippen molar-refractivity contribution >= 4 is 11.7 Å². The van der Waals surface area contributed by atoms with E-state index in [0.717, 1.165) is 39.0 Å². The van der Waals surface area contributed by atoms with Gasteiger partial charge in [-0.15, -0.1) is 10.2 Å². The van der Waals surface area contributed by atoms with Gasteiger partial charge in [-0.05, 0) is 45.0 Å². The van der Waals surface area contributed by atoms with Gasteiger partial charge in [-0.25, -0.2) is 0 Å². The Balaban J connectivity index is 1.90. The average Bonchev–Trinajstić information content (AvgIpc) is 2.48. The van der Waals surface area contributed by atoms with E-state index in [-0.39, 0.29) is 11.9 Å². The molecule has 1 amide bonds. The van der Waals surface area contributed by atoms with E-state index < -0.39 is 0 Å². The number of likely N-dealkylation sites (N-methyl/N-ethyl adjacent to an activating group) is 1. The molecule has 0 radical (unpaired) electrons. The summed E-state index contributed by atoms with van der Waals surface area (Å²) in [5, 5.41) is 14.0. The first-order chi connectivity index (χ1) is 9.72. The molecule has 6 heteroatoms. The maximum atomic E-state index is 12.1. The molecule has 1 unspecified atom stereocenters. The maximum Gasteiger partial charge on any atom is 0.272 e. The second-order valence-corrected chi connectivity index (χ2v) is 5.04. The fraction of sp³-hybridized carbons (Fsp3) is 0.643. The summed E-state index contributed by atoms with van der Waals surface area (Å²) in [4.78, 5) is 14.5. The number of carbonyl (C=O) groups is 1. The predicted molar refractivity (Wildman–Crippen MR) is 78.8 cm³/mol. The van der Waals surface area contributed by atoms with Crippen LogP contribution in [0.3, 0.4) is 0 Å². The Labute approximate surface area is 120 Å². The van der Waals surface area contributed by atoms with Crippen LogP contribution in [0.15, 0.2) is 12.1 Å². The van der Waals surface area contributed by atoms with Crippen LogP contribution < -0.4 is 10.6 Å². The molecule has 1 aromatic heterocycles. The van der Waals surface area contributed by atoms with Gasteiger partial charge in [0.2, 0.25) is 0 Å².